The van der Waals surface area contributed by atoms with E-state index in [1.165, 1.54) is 16.2 Å². The minimum Gasteiger partial charge on any atom is -0.457 e. The minimum atomic E-state index is -0.355. The van der Waals surface area contributed by atoms with Gasteiger partial charge >= 0.3 is 0 Å². The molecule has 0 fully saturated rings. The fraction of sp³-hybridized carbons (Fsp3) is 0.0370. The lowest BCUT2D eigenvalue weighted by atomic mass is 10.1. The topological polar surface area (TPSA) is 49.9 Å². The van der Waals surface area contributed by atoms with E-state index >= 15 is 0 Å². The lowest BCUT2D eigenvalue weighted by Gasteiger charge is -2.21. The van der Waals surface area contributed by atoms with Crippen LogP contribution < -0.4 is 14.5 Å². The number of amides is 2. The van der Waals surface area contributed by atoms with Gasteiger partial charge in [-0.05, 0) is 60.0 Å². The van der Waals surface area contributed by atoms with E-state index in [1.807, 2.05) is 85.2 Å². The van der Waals surface area contributed by atoms with Crippen molar-refractivity contribution in [1.82, 2.24) is 0 Å². The van der Waals surface area contributed by atoms with E-state index in [-0.39, 0.29) is 11.8 Å². The molecule has 6 heteroatoms. The normalized spacial score (nSPS) is 13.5. The van der Waals surface area contributed by atoms with Crippen molar-refractivity contribution in [3.63, 3.8) is 0 Å². The molecule has 0 bridgehead atoms. The summed E-state index contributed by atoms with van der Waals surface area (Å²) in [6.45, 7) is 0. The quantitative estimate of drug-likeness (QED) is 0.339. The molecule has 2 heterocycles. The maximum absolute atomic E-state index is 13.6. The Balaban J connectivity index is 1.49. The number of hydrogen-bond donors (Lipinski definition) is 0. The molecule has 33 heavy (non-hydrogen) atoms. The molecule has 0 aliphatic carbocycles. The van der Waals surface area contributed by atoms with Crippen molar-refractivity contribution >= 4 is 40.1 Å². The smallest absolute Gasteiger partial charge is 0.282 e. The van der Waals surface area contributed by atoms with E-state index in [9.17, 15) is 9.59 Å². The van der Waals surface area contributed by atoms with E-state index in [0.29, 0.717) is 28.5 Å². The van der Waals surface area contributed by atoms with Crippen LogP contribution in [0.5, 0.6) is 11.5 Å². The predicted molar refractivity (Wildman–Crippen MR) is 132 cm³/mol. The SMILES string of the molecule is CN(C1=C(c2cccs2)C(=O)N(c2ccc(Oc3ccccc3)cc2)C1=O)c1ccccc1. The Morgan fingerprint density at radius 2 is 1.36 bits per heavy atom. The fourth-order valence-electron chi connectivity index (χ4n) is 3.78. The molecule has 0 saturated carbocycles. The fourth-order valence-corrected chi connectivity index (χ4v) is 4.54. The molecule has 0 spiro atoms. The Bertz CT molecular complexity index is 1320. The molecule has 1 aliphatic heterocycles. The summed E-state index contributed by atoms with van der Waals surface area (Å²) < 4.78 is 5.84. The number of anilines is 2. The number of imide groups is 1. The van der Waals surface area contributed by atoms with Gasteiger partial charge in [-0.25, -0.2) is 4.90 Å². The van der Waals surface area contributed by atoms with Crippen LogP contribution in [0, 0.1) is 0 Å². The van der Waals surface area contributed by atoms with E-state index in [2.05, 4.69) is 0 Å². The van der Waals surface area contributed by atoms with E-state index in [1.54, 1.807) is 29.2 Å². The van der Waals surface area contributed by atoms with Gasteiger partial charge in [-0.15, -0.1) is 11.3 Å². The van der Waals surface area contributed by atoms with Crippen molar-refractivity contribution in [3.05, 3.63) is 113 Å². The number of ether oxygens (including phenoxy) is 1. The van der Waals surface area contributed by atoms with Crippen LogP contribution in [0.1, 0.15) is 4.88 Å². The highest BCUT2D eigenvalue weighted by molar-refractivity contribution is 7.11. The van der Waals surface area contributed by atoms with Gasteiger partial charge < -0.3 is 9.64 Å². The summed E-state index contributed by atoms with van der Waals surface area (Å²) in [4.78, 5) is 30.9. The monoisotopic (exact) mass is 452 g/mol. The summed E-state index contributed by atoms with van der Waals surface area (Å²) in [6.07, 6.45) is 0. The van der Waals surface area contributed by atoms with Crippen molar-refractivity contribution in [2.45, 2.75) is 0 Å². The van der Waals surface area contributed by atoms with Crippen molar-refractivity contribution < 1.29 is 14.3 Å². The molecule has 0 radical (unpaired) electrons. The second-order valence-corrected chi connectivity index (χ2v) is 8.40. The zero-order valence-corrected chi connectivity index (χ0v) is 18.7. The van der Waals surface area contributed by atoms with Gasteiger partial charge in [-0.3, -0.25) is 9.59 Å². The maximum Gasteiger partial charge on any atom is 0.282 e. The number of benzene rings is 3. The second kappa shape index (κ2) is 8.76. The average molecular weight is 453 g/mol. The van der Waals surface area contributed by atoms with Crippen LogP contribution in [-0.4, -0.2) is 18.9 Å². The highest BCUT2D eigenvalue weighted by atomic mass is 32.1. The zero-order valence-electron chi connectivity index (χ0n) is 17.8. The summed E-state index contributed by atoms with van der Waals surface area (Å²) >= 11 is 1.44. The lowest BCUT2D eigenvalue weighted by molar-refractivity contribution is -0.120. The molecule has 3 aromatic carbocycles. The summed E-state index contributed by atoms with van der Waals surface area (Å²) in [7, 11) is 1.81. The number of carbonyl (C=O) groups is 2. The molecule has 0 unspecified atom stereocenters. The van der Waals surface area contributed by atoms with Crippen LogP contribution in [0.15, 0.2) is 108 Å². The standard InChI is InChI=1S/C27H20N2O3S/c1-28(19-9-4-2-5-10-19)25-24(23-13-8-18-33-23)26(30)29(27(25)31)20-14-16-22(17-15-20)32-21-11-6-3-7-12-21/h2-18H,1H3. The third-order valence-corrected chi connectivity index (χ3v) is 6.27. The summed E-state index contributed by atoms with van der Waals surface area (Å²) in [5.74, 6) is 0.646. The summed E-state index contributed by atoms with van der Waals surface area (Å²) in [6, 6.07) is 29.7. The van der Waals surface area contributed by atoms with Crippen LogP contribution in [0.25, 0.3) is 5.57 Å². The molecule has 5 rings (SSSR count). The van der Waals surface area contributed by atoms with Gasteiger partial charge in [0.05, 0.1) is 11.3 Å². The number of likely N-dealkylation sites (N-methyl/N-ethyl adjacent to an activating group) is 1. The van der Waals surface area contributed by atoms with Crippen LogP contribution in [0.4, 0.5) is 11.4 Å². The van der Waals surface area contributed by atoms with E-state index in [4.69, 9.17) is 4.74 Å². The van der Waals surface area contributed by atoms with Crippen molar-refractivity contribution in [2.24, 2.45) is 0 Å². The number of carbonyl (C=O) groups excluding carboxylic acids is 2. The molecular formula is C27H20N2O3S. The van der Waals surface area contributed by atoms with Gasteiger partial charge in [-0.1, -0.05) is 42.5 Å². The predicted octanol–water partition coefficient (Wildman–Crippen LogP) is 5.96. The third kappa shape index (κ3) is 3.92. The van der Waals surface area contributed by atoms with Gasteiger partial charge in [0, 0.05) is 17.6 Å². The maximum atomic E-state index is 13.6. The van der Waals surface area contributed by atoms with E-state index in [0.717, 1.165) is 10.6 Å². The highest BCUT2D eigenvalue weighted by Crippen LogP contribution is 2.38. The van der Waals surface area contributed by atoms with Gasteiger partial charge in [0.15, 0.2) is 0 Å². The number of rotatable bonds is 6. The van der Waals surface area contributed by atoms with E-state index < -0.39 is 0 Å². The molecule has 162 valence electrons. The van der Waals surface area contributed by atoms with Crippen LogP contribution in [-0.2, 0) is 9.59 Å². The molecule has 2 amide bonds. The first kappa shape index (κ1) is 20.7. The molecule has 0 atom stereocenters. The molecule has 4 aromatic rings. The average Bonchev–Trinajstić information content (AvgIpc) is 3.46. The largest absolute Gasteiger partial charge is 0.457 e. The Morgan fingerprint density at radius 3 is 2.00 bits per heavy atom. The van der Waals surface area contributed by atoms with Crippen LogP contribution in [0.3, 0.4) is 0 Å². The first-order valence-corrected chi connectivity index (χ1v) is 11.3. The van der Waals surface area contributed by atoms with Gasteiger partial charge in [0.2, 0.25) is 0 Å². The number of nitrogens with zero attached hydrogens (tertiary/aromatic N) is 2. The van der Waals surface area contributed by atoms with Crippen molar-refractivity contribution in [2.75, 3.05) is 16.8 Å². The Hall–Kier alpha value is -4.16. The first-order valence-electron chi connectivity index (χ1n) is 10.4. The molecule has 1 aliphatic rings. The summed E-state index contributed by atoms with van der Waals surface area (Å²) in [5.41, 5.74) is 2.09. The van der Waals surface area contributed by atoms with Crippen molar-refractivity contribution in [3.8, 4) is 11.5 Å². The minimum absolute atomic E-state index is 0.336. The van der Waals surface area contributed by atoms with Crippen LogP contribution in [0.2, 0.25) is 0 Å². The third-order valence-electron chi connectivity index (χ3n) is 5.38. The number of para-hydroxylation sites is 2. The Kier molecular flexibility index (Phi) is 5.50. The lowest BCUT2D eigenvalue weighted by Crippen LogP contribution is -2.34. The first-order chi connectivity index (χ1) is 16.1. The van der Waals surface area contributed by atoms with Crippen LogP contribution >= 0.6 is 11.3 Å². The molecular weight excluding hydrogens is 432 g/mol. The Morgan fingerprint density at radius 1 is 0.727 bits per heavy atom. The summed E-state index contributed by atoms with van der Waals surface area (Å²) in [5, 5.41) is 1.90. The number of thiophene rings is 1. The molecule has 1 aromatic heterocycles. The molecule has 0 saturated heterocycles. The Labute approximate surface area is 195 Å². The molecule has 0 N–H and O–H groups in total. The van der Waals surface area contributed by atoms with Gasteiger partial charge in [-0.2, -0.15) is 0 Å². The van der Waals surface area contributed by atoms with Gasteiger partial charge in [0.1, 0.15) is 17.2 Å². The molecule has 5 nitrogen and oxygen atoms in total. The van der Waals surface area contributed by atoms with Crippen molar-refractivity contribution in [1.29, 1.82) is 0 Å². The second-order valence-electron chi connectivity index (χ2n) is 7.45. The highest BCUT2D eigenvalue weighted by Gasteiger charge is 2.42. The van der Waals surface area contributed by atoms with Gasteiger partial charge in [0.25, 0.3) is 11.8 Å². The zero-order chi connectivity index (χ0) is 22.8. The number of hydrogen-bond acceptors (Lipinski definition) is 5.